The molecule has 0 unspecified atom stereocenters. The van der Waals surface area contributed by atoms with Gasteiger partial charge in [-0.05, 0) is 68.6 Å². The SMILES string of the molecule is O=C(N[C@@H]1CC[C@H]2CCC[C@H]21)c1cc(N2CCCCC2)ccc1Cl. The van der Waals surface area contributed by atoms with Gasteiger partial charge in [-0.25, -0.2) is 0 Å². The average Bonchev–Trinajstić information content (AvgIpc) is 3.21. The number of nitrogens with zero attached hydrogens (tertiary/aromatic N) is 1. The molecule has 3 aliphatic rings. The van der Waals surface area contributed by atoms with Gasteiger partial charge in [0.05, 0.1) is 10.6 Å². The van der Waals surface area contributed by atoms with Crippen LogP contribution in [0.3, 0.4) is 0 Å². The van der Waals surface area contributed by atoms with Crippen LogP contribution in [0.25, 0.3) is 0 Å². The third-order valence-corrected chi connectivity index (χ3v) is 6.65. The van der Waals surface area contributed by atoms with E-state index in [-0.39, 0.29) is 5.91 Å². The number of rotatable bonds is 3. The molecule has 3 fully saturated rings. The van der Waals surface area contributed by atoms with Gasteiger partial charge in [-0.15, -0.1) is 0 Å². The van der Waals surface area contributed by atoms with Crippen molar-refractivity contribution in [2.75, 3.05) is 18.0 Å². The maximum Gasteiger partial charge on any atom is 0.253 e. The Hall–Kier alpha value is -1.22. The fourth-order valence-electron chi connectivity index (χ4n) is 5.02. The summed E-state index contributed by atoms with van der Waals surface area (Å²) in [5, 5.41) is 3.86. The van der Waals surface area contributed by atoms with Crippen molar-refractivity contribution in [3.05, 3.63) is 28.8 Å². The average molecular weight is 347 g/mol. The van der Waals surface area contributed by atoms with Gasteiger partial charge in [0.15, 0.2) is 0 Å². The first-order valence-corrected chi connectivity index (χ1v) is 9.95. The molecule has 130 valence electrons. The summed E-state index contributed by atoms with van der Waals surface area (Å²) in [5.74, 6) is 1.54. The van der Waals surface area contributed by atoms with Crippen molar-refractivity contribution in [2.24, 2.45) is 11.8 Å². The Balaban J connectivity index is 1.49. The first-order valence-electron chi connectivity index (χ1n) is 9.58. The molecule has 1 aromatic carbocycles. The number of nitrogens with one attached hydrogen (secondary N) is 1. The largest absolute Gasteiger partial charge is 0.372 e. The van der Waals surface area contributed by atoms with E-state index in [0.717, 1.165) is 31.1 Å². The molecule has 1 saturated heterocycles. The van der Waals surface area contributed by atoms with Gasteiger partial charge >= 0.3 is 0 Å². The van der Waals surface area contributed by atoms with E-state index in [0.29, 0.717) is 22.5 Å². The van der Waals surface area contributed by atoms with Crippen molar-refractivity contribution >= 4 is 23.2 Å². The standard InChI is InChI=1S/C20H27ClN2O/c21-18-9-8-15(23-11-2-1-3-12-23)13-17(18)20(24)22-19-10-7-14-5-4-6-16(14)19/h8-9,13-14,16,19H,1-7,10-12H2,(H,22,24)/t14-,16-,19-/m1/s1. The quantitative estimate of drug-likeness (QED) is 0.864. The smallest absolute Gasteiger partial charge is 0.253 e. The molecule has 2 aliphatic carbocycles. The van der Waals surface area contributed by atoms with E-state index in [9.17, 15) is 4.79 Å². The predicted octanol–water partition coefficient (Wildman–Crippen LogP) is 4.64. The monoisotopic (exact) mass is 346 g/mol. The molecular weight excluding hydrogens is 320 g/mol. The summed E-state index contributed by atoms with van der Waals surface area (Å²) in [5.41, 5.74) is 1.77. The lowest BCUT2D eigenvalue weighted by molar-refractivity contribution is 0.0926. The van der Waals surface area contributed by atoms with Crippen LogP contribution in [0.2, 0.25) is 5.02 Å². The zero-order chi connectivity index (χ0) is 16.5. The summed E-state index contributed by atoms with van der Waals surface area (Å²) in [4.78, 5) is 15.2. The van der Waals surface area contributed by atoms with Crippen molar-refractivity contribution in [3.8, 4) is 0 Å². The number of hydrogen-bond acceptors (Lipinski definition) is 2. The van der Waals surface area contributed by atoms with Crippen molar-refractivity contribution in [1.82, 2.24) is 5.32 Å². The number of piperidine rings is 1. The molecule has 4 rings (SSSR count). The van der Waals surface area contributed by atoms with E-state index in [2.05, 4.69) is 10.2 Å². The van der Waals surface area contributed by atoms with Crippen LogP contribution >= 0.6 is 11.6 Å². The lowest BCUT2D eigenvalue weighted by Gasteiger charge is -2.29. The summed E-state index contributed by atoms with van der Waals surface area (Å²) in [6.45, 7) is 2.16. The van der Waals surface area contributed by atoms with Crippen LogP contribution in [0.1, 0.15) is 61.7 Å². The van der Waals surface area contributed by atoms with Crippen LogP contribution in [0.4, 0.5) is 5.69 Å². The number of anilines is 1. The van der Waals surface area contributed by atoms with Gasteiger partial charge < -0.3 is 10.2 Å². The van der Waals surface area contributed by atoms with E-state index in [1.807, 2.05) is 18.2 Å². The highest BCUT2D eigenvalue weighted by molar-refractivity contribution is 6.34. The van der Waals surface area contributed by atoms with Gasteiger partial charge in [-0.1, -0.05) is 24.4 Å². The molecular formula is C20H27ClN2O. The molecule has 1 N–H and O–H groups in total. The maximum atomic E-state index is 12.8. The minimum absolute atomic E-state index is 0.0106. The molecule has 4 heteroatoms. The summed E-state index contributed by atoms with van der Waals surface area (Å²) in [6, 6.07) is 6.27. The van der Waals surface area contributed by atoms with E-state index in [1.54, 1.807) is 0 Å². The highest BCUT2D eigenvalue weighted by atomic mass is 35.5. The van der Waals surface area contributed by atoms with Crippen LogP contribution in [-0.2, 0) is 0 Å². The van der Waals surface area contributed by atoms with Crippen LogP contribution in [0.15, 0.2) is 18.2 Å². The van der Waals surface area contributed by atoms with E-state index in [1.165, 1.54) is 44.9 Å². The Morgan fingerprint density at radius 3 is 2.71 bits per heavy atom. The fraction of sp³-hybridized carbons (Fsp3) is 0.650. The van der Waals surface area contributed by atoms with E-state index in [4.69, 9.17) is 11.6 Å². The molecule has 1 heterocycles. The van der Waals surface area contributed by atoms with Crippen molar-refractivity contribution in [2.45, 2.75) is 57.4 Å². The lowest BCUT2D eigenvalue weighted by Crippen LogP contribution is -2.38. The number of hydrogen-bond donors (Lipinski definition) is 1. The third kappa shape index (κ3) is 3.15. The van der Waals surface area contributed by atoms with Crippen LogP contribution < -0.4 is 10.2 Å². The second-order valence-electron chi connectivity index (χ2n) is 7.72. The second-order valence-corrected chi connectivity index (χ2v) is 8.13. The fourth-order valence-corrected chi connectivity index (χ4v) is 5.23. The summed E-state index contributed by atoms with van der Waals surface area (Å²) in [7, 11) is 0. The number of amides is 1. The molecule has 0 radical (unpaired) electrons. The van der Waals surface area contributed by atoms with Crippen LogP contribution in [0.5, 0.6) is 0 Å². The zero-order valence-electron chi connectivity index (χ0n) is 14.3. The molecule has 1 aromatic rings. The Bertz CT molecular complexity index is 612. The second kappa shape index (κ2) is 6.95. The van der Waals surface area contributed by atoms with E-state index < -0.39 is 0 Å². The summed E-state index contributed by atoms with van der Waals surface area (Å²) >= 11 is 6.35. The van der Waals surface area contributed by atoms with Crippen molar-refractivity contribution in [3.63, 3.8) is 0 Å². The summed E-state index contributed by atoms with van der Waals surface area (Å²) < 4.78 is 0. The third-order valence-electron chi connectivity index (χ3n) is 6.32. The lowest BCUT2D eigenvalue weighted by atomic mass is 9.97. The normalized spacial score (nSPS) is 29.5. The van der Waals surface area contributed by atoms with Crippen LogP contribution in [-0.4, -0.2) is 25.0 Å². The van der Waals surface area contributed by atoms with Gasteiger partial charge in [-0.3, -0.25) is 4.79 Å². The molecule has 1 aliphatic heterocycles. The first-order chi connectivity index (χ1) is 11.7. The highest BCUT2D eigenvalue weighted by Gasteiger charge is 2.39. The van der Waals surface area contributed by atoms with Gasteiger partial charge in [0.25, 0.3) is 5.91 Å². The number of carbonyl (C=O) groups excluding carboxylic acids is 1. The van der Waals surface area contributed by atoms with Crippen molar-refractivity contribution < 1.29 is 4.79 Å². The minimum atomic E-state index is 0.0106. The Morgan fingerprint density at radius 2 is 1.88 bits per heavy atom. The topological polar surface area (TPSA) is 32.3 Å². The number of benzene rings is 1. The first kappa shape index (κ1) is 16.3. The number of halogens is 1. The Kier molecular flexibility index (Phi) is 4.71. The molecule has 3 atom stereocenters. The van der Waals surface area contributed by atoms with E-state index >= 15 is 0 Å². The molecule has 2 saturated carbocycles. The molecule has 24 heavy (non-hydrogen) atoms. The molecule has 0 bridgehead atoms. The Morgan fingerprint density at radius 1 is 1.04 bits per heavy atom. The van der Waals surface area contributed by atoms with Gasteiger partial charge in [-0.2, -0.15) is 0 Å². The van der Waals surface area contributed by atoms with Crippen LogP contribution in [0, 0.1) is 11.8 Å². The van der Waals surface area contributed by atoms with Gasteiger partial charge in [0.2, 0.25) is 0 Å². The molecule has 3 nitrogen and oxygen atoms in total. The predicted molar refractivity (Wildman–Crippen MR) is 98.8 cm³/mol. The highest BCUT2D eigenvalue weighted by Crippen LogP contribution is 2.44. The summed E-state index contributed by atoms with van der Waals surface area (Å²) in [6.07, 6.45) is 10.1. The zero-order valence-corrected chi connectivity index (χ0v) is 15.0. The maximum absolute atomic E-state index is 12.8. The molecule has 0 aromatic heterocycles. The van der Waals surface area contributed by atoms with Gasteiger partial charge in [0, 0.05) is 24.8 Å². The molecule has 1 amide bonds. The van der Waals surface area contributed by atoms with Gasteiger partial charge in [0.1, 0.15) is 0 Å². The number of carbonyl (C=O) groups is 1. The number of fused-ring (bicyclic) bond motifs is 1. The Labute approximate surface area is 149 Å². The minimum Gasteiger partial charge on any atom is -0.372 e. The molecule has 0 spiro atoms. The van der Waals surface area contributed by atoms with Crippen molar-refractivity contribution in [1.29, 1.82) is 0 Å².